The first-order valence-electron chi connectivity index (χ1n) is 7.89. The van der Waals surface area contributed by atoms with Gasteiger partial charge in [-0.2, -0.15) is 0 Å². The van der Waals surface area contributed by atoms with Gasteiger partial charge < -0.3 is 19.4 Å². The Bertz CT molecular complexity index is 705. The van der Waals surface area contributed by atoms with Gasteiger partial charge in [-0.1, -0.05) is 5.16 Å². The molecule has 2 aromatic rings. The normalized spacial score (nSPS) is 20.9. The number of aryl methyl sites for hydroxylation is 1. The first-order valence-corrected chi connectivity index (χ1v) is 7.89. The summed E-state index contributed by atoms with van der Waals surface area (Å²) in [5.74, 6) is 0.622. The van der Waals surface area contributed by atoms with Gasteiger partial charge in [0.2, 0.25) is 5.76 Å². The summed E-state index contributed by atoms with van der Waals surface area (Å²) in [5, 5.41) is 14.7. The molecule has 3 rings (SSSR count). The molecule has 1 fully saturated rings. The zero-order valence-corrected chi connectivity index (χ0v) is 13.8. The van der Waals surface area contributed by atoms with E-state index in [1.54, 1.807) is 38.6 Å². The lowest BCUT2D eigenvalue weighted by Gasteiger charge is -2.41. The Morgan fingerprint density at radius 1 is 1.50 bits per heavy atom. The number of piperidine rings is 1. The van der Waals surface area contributed by atoms with E-state index < -0.39 is 5.60 Å². The third-order valence-electron chi connectivity index (χ3n) is 4.15. The van der Waals surface area contributed by atoms with E-state index in [1.807, 2.05) is 4.90 Å². The van der Waals surface area contributed by atoms with Crippen molar-refractivity contribution in [1.82, 2.24) is 20.0 Å². The smallest absolute Gasteiger partial charge is 0.292 e. The fraction of sp³-hybridized carbons (Fsp3) is 0.500. The number of nitrogens with zero attached hydrogens (tertiary/aromatic N) is 5. The molecule has 2 aromatic heterocycles. The third kappa shape index (κ3) is 3.53. The average Bonchev–Trinajstić information content (AvgIpc) is 3.01. The summed E-state index contributed by atoms with van der Waals surface area (Å²) < 4.78 is 5.01. The molecule has 8 nitrogen and oxygen atoms in total. The van der Waals surface area contributed by atoms with Crippen molar-refractivity contribution in [2.45, 2.75) is 25.4 Å². The molecule has 0 bridgehead atoms. The molecule has 8 heteroatoms. The van der Waals surface area contributed by atoms with Crippen LogP contribution in [0.25, 0.3) is 0 Å². The lowest BCUT2D eigenvalue weighted by molar-refractivity contribution is -0.00107. The highest BCUT2D eigenvalue weighted by molar-refractivity contribution is 5.91. The van der Waals surface area contributed by atoms with Crippen molar-refractivity contribution in [2.75, 3.05) is 31.6 Å². The van der Waals surface area contributed by atoms with E-state index in [0.717, 1.165) is 18.8 Å². The van der Waals surface area contributed by atoms with Gasteiger partial charge in [0.1, 0.15) is 5.82 Å². The molecule has 128 valence electrons. The predicted octanol–water partition coefficient (Wildman–Crippen LogP) is 0.877. The van der Waals surface area contributed by atoms with E-state index >= 15 is 0 Å². The summed E-state index contributed by atoms with van der Waals surface area (Å²) in [7, 11) is 1.65. The van der Waals surface area contributed by atoms with Crippen molar-refractivity contribution in [2.24, 2.45) is 0 Å². The van der Waals surface area contributed by atoms with Gasteiger partial charge in [-0.15, -0.1) is 0 Å². The minimum atomic E-state index is -1.00. The first kappa shape index (κ1) is 16.4. The Hall–Kier alpha value is -2.48. The zero-order chi connectivity index (χ0) is 17.2. The molecule has 0 saturated carbocycles. The van der Waals surface area contributed by atoms with Gasteiger partial charge in [-0.25, -0.2) is 4.98 Å². The number of aliphatic hydroxyl groups is 1. The highest BCUT2D eigenvalue weighted by Crippen LogP contribution is 2.25. The number of carbonyl (C=O) groups is 1. The second kappa shape index (κ2) is 6.56. The molecular formula is C16H21N5O3. The Kier molecular flexibility index (Phi) is 4.48. The van der Waals surface area contributed by atoms with Gasteiger partial charge >= 0.3 is 0 Å². The van der Waals surface area contributed by atoms with Gasteiger partial charge in [0, 0.05) is 38.6 Å². The second-order valence-electron chi connectivity index (χ2n) is 6.31. The number of hydrogen-bond donors (Lipinski definition) is 1. The molecule has 3 heterocycles. The monoisotopic (exact) mass is 331 g/mol. The van der Waals surface area contributed by atoms with Crippen molar-refractivity contribution in [3.8, 4) is 0 Å². The Labute approximate surface area is 140 Å². The quantitative estimate of drug-likeness (QED) is 0.888. The number of likely N-dealkylation sites (N-methyl/N-ethyl adjacent to an activating group) is 1. The number of β-amino-alcohol motifs (C(OH)–C–C–N with tert-alkyl or cyclic N) is 1. The standard InChI is InChI=1S/C16H21N5O3/c1-12-8-13(24-19-12)15(22)20(2)10-16(23)4-3-7-21(11-16)14-9-17-5-6-18-14/h5-6,8-9,23H,3-4,7,10-11H2,1-2H3. The maximum Gasteiger partial charge on any atom is 0.292 e. The van der Waals surface area contributed by atoms with Crippen LogP contribution in [0.4, 0.5) is 5.82 Å². The molecule has 1 N–H and O–H groups in total. The van der Waals surface area contributed by atoms with E-state index in [9.17, 15) is 9.90 Å². The summed E-state index contributed by atoms with van der Waals surface area (Å²) >= 11 is 0. The van der Waals surface area contributed by atoms with Crippen molar-refractivity contribution in [3.05, 3.63) is 36.1 Å². The van der Waals surface area contributed by atoms with E-state index in [-0.39, 0.29) is 18.2 Å². The molecule has 1 atom stereocenters. The molecule has 0 aromatic carbocycles. The fourth-order valence-electron chi connectivity index (χ4n) is 3.06. The minimum absolute atomic E-state index is 0.181. The molecule has 0 spiro atoms. The number of amides is 1. The summed E-state index contributed by atoms with van der Waals surface area (Å²) in [6.07, 6.45) is 6.36. The third-order valence-corrected chi connectivity index (χ3v) is 4.15. The number of carbonyl (C=O) groups excluding carboxylic acids is 1. The van der Waals surface area contributed by atoms with Gasteiger partial charge in [0.25, 0.3) is 5.91 Å². The zero-order valence-electron chi connectivity index (χ0n) is 13.8. The van der Waals surface area contributed by atoms with Gasteiger partial charge in [0.15, 0.2) is 0 Å². The van der Waals surface area contributed by atoms with Crippen LogP contribution in [0.3, 0.4) is 0 Å². The lowest BCUT2D eigenvalue weighted by Crippen LogP contribution is -2.54. The SMILES string of the molecule is Cc1cc(C(=O)N(C)CC2(O)CCCN(c3cnccn3)C2)on1. The molecule has 24 heavy (non-hydrogen) atoms. The Morgan fingerprint density at radius 2 is 2.33 bits per heavy atom. The Morgan fingerprint density at radius 3 is 3.00 bits per heavy atom. The van der Waals surface area contributed by atoms with Crippen LogP contribution in [-0.4, -0.2) is 63.3 Å². The second-order valence-corrected chi connectivity index (χ2v) is 6.31. The largest absolute Gasteiger partial charge is 0.386 e. The first-order chi connectivity index (χ1) is 11.5. The van der Waals surface area contributed by atoms with E-state index in [2.05, 4.69) is 15.1 Å². The number of rotatable bonds is 4. The van der Waals surface area contributed by atoms with Crippen LogP contribution < -0.4 is 4.90 Å². The lowest BCUT2D eigenvalue weighted by atomic mass is 9.92. The predicted molar refractivity (Wildman–Crippen MR) is 86.6 cm³/mol. The van der Waals surface area contributed by atoms with Crippen LogP contribution in [0, 0.1) is 6.92 Å². The summed E-state index contributed by atoms with van der Waals surface area (Å²) in [5.41, 5.74) is -0.355. The summed E-state index contributed by atoms with van der Waals surface area (Å²) in [6, 6.07) is 1.59. The molecule has 0 aliphatic carbocycles. The van der Waals surface area contributed by atoms with Crippen LogP contribution >= 0.6 is 0 Å². The van der Waals surface area contributed by atoms with Crippen molar-refractivity contribution < 1.29 is 14.4 Å². The van der Waals surface area contributed by atoms with Crippen molar-refractivity contribution in [3.63, 3.8) is 0 Å². The average molecular weight is 331 g/mol. The molecule has 1 unspecified atom stereocenters. The number of anilines is 1. The van der Waals surface area contributed by atoms with Crippen LogP contribution in [0.1, 0.15) is 29.1 Å². The van der Waals surface area contributed by atoms with E-state index in [0.29, 0.717) is 18.7 Å². The highest BCUT2D eigenvalue weighted by Gasteiger charge is 2.36. The minimum Gasteiger partial charge on any atom is -0.386 e. The molecular weight excluding hydrogens is 310 g/mol. The topological polar surface area (TPSA) is 95.6 Å². The number of hydrogen-bond acceptors (Lipinski definition) is 7. The maximum absolute atomic E-state index is 12.4. The van der Waals surface area contributed by atoms with Gasteiger partial charge in [-0.05, 0) is 19.8 Å². The van der Waals surface area contributed by atoms with E-state index in [1.165, 1.54) is 4.90 Å². The van der Waals surface area contributed by atoms with Gasteiger partial charge in [-0.3, -0.25) is 9.78 Å². The molecule has 1 amide bonds. The van der Waals surface area contributed by atoms with Crippen LogP contribution in [0.2, 0.25) is 0 Å². The summed E-state index contributed by atoms with van der Waals surface area (Å²) in [4.78, 5) is 24.2. The highest BCUT2D eigenvalue weighted by atomic mass is 16.5. The maximum atomic E-state index is 12.4. The van der Waals surface area contributed by atoms with Crippen molar-refractivity contribution in [1.29, 1.82) is 0 Å². The molecule has 1 saturated heterocycles. The summed E-state index contributed by atoms with van der Waals surface area (Å²) in [6.45, 7) is 3.18. The van der Waals surface area contributed by atoms with Crippen LogP contribution in [0.5, 0.6) is 0 Å². The van der Waals surface area contributed by atoms with E-state index in [4.69, 9.17) is 4.52 Å². The van der Waals surface area contributed by atoms with Crippen LogP contribution in [0.15, 0.2) is 29.2 Å². The Balaban J connectivity index is 1.67. The van der Waals surface area contributed by atoms with Crippen LogP contribution in [-0.2, 0) is 0 Å². The molecule has 1 aliphatic rings. The van der Waals surface area contributed by atoms with Gasteiger partial charge in [0.05, 0.1) is 24.0 Å². The number of aromatic nitrogens is 3. The van der Waals surface area contributed by atoms with Crippen molar-refractivity contribution >= 4 is 11.7 Å². The molecule has 0 radical (unpaired) electrons. The molecule has 1 aliphatic heterocycles. The fourth-order valence-corrected chi connectivity index (χ4v) is 3.06.